The summed E-state index contributed by atoms with van der Waals surface area (Å²) in [5.41, 5.74) is 2.89. The van der Waals surface area contributed by atoms with Gasteiger partial charge in [0.25, 0.3) is 0 Å². The van der Waals surface area contributed by atoms with Crippen LogP contribution < -0.4 is 0 Å². The fraction of sp³-hybridized carbons (Fsp3) is 0.444. The Labute approximate surface area is 115 Å². The molecule has 0 radical (unpaired) electrons. The molecular formula is C18H22O. The molecular weight excluding hydrogens is 232 g/mol. The highest BCUT2D eigenvalue weighted by atomic mass is 16.3. The fourth-order valence-electron chi connectivity index (χ4n) is 2.93. The summed E-state index contributed by atoms with van der Waals surface area (Å²) in [4.78, 5) is 0. The fourth-order valence-corrected chi connectivity index (χ4v) is 2.93. The number of furan rings is 1. The second-order valence-corrected chi connectivity index (χ2v) is 5.73. The first-order valence-electron chi connectivity index (χ1n) is 7.48. The van der Waals surface area contributed by atoms with Gasteiger partial charge in [0.1, 0.15) is 11.5 Å². The first-order chi connectivity index (χ1) is 9.33. The Hall–Kier alpha value is -1.50. The van der Waals surface area contributed by atoms with E-state index < -0.39 is 0 Å². The molecule has 0 fully saturated rings. The van der Waals surface area contributed by atoms with E-state index >= 15 is 0 Å². The molecule has 0 aliphatic heterocycles. The molecule has 1 nitrogen and oxygen atoms in total. The lowest BCUT2D eigenvalue weighted by Crippen LogP contribution is -1.97. The van der Waals surface area contributed by atoms with Crippen LogP contribution in [0.15, 0.2) is 40.8 Å². The molecule has 1 heteroatoms. The van der Waals surface area contributed by atoms with E-state index in [2.05, 4.69) is 43.3 Å². The number of benzene rings is 1. The molecule has 2 aromatic rings. The van der Waals surface area contributed by atoms with Gasteiger partial charge in [-0.25, -0.2) is 0 Å². The predicted octanol–water partition coefficient (Wildman–Crippen LogP) is 4.89. The highest BCUT2D eigenvalue weighted by molar-refractivity contribution is 5.26. The average Bonchev–Trinajstić information content (AvgIpc) is 2.90. The van der Waals surface area contributed by atoms with Gasteiger partial charge in [0.15, 0.2) is 0 Å². The first-order valence-corrected chi connectivity index (χ1v) is 7.48. The van der Waals surface area contributed by atoms with Crippen LogP contribution in [0.3, 0.4) is 0 Å². The van der Waals surface area contributed by atoms with E-state index in [0.29, 0.717) is 5.92 Å². The second kappa shape index (κ2) is 5.64. The van der Waals surface area contributed by atoms with E-state index in [0.717, 1.165) is 19.3 Å². The van der Waals surface area contributed by atoms with Crippen molar-refractivity contribution in [3.05, 3.63) is 59.0 Å². The quantitative estimate of drug-likeness (QED) is 0.756. The van der Waals surface area contributed by atoms with Crippen LogP contribution >= 0.6 is 0 Å². The second-order valence-electron chi connectivity index (χ2n) is 5.73. The standard InChI is InChI=1S/C18H22O/c1-14(11-12-15-7-3-2-4-8-15)18-13-16-9-5-6-10-17(16)19-18/h2-4,7-8,13-14H,5-6,9-12H2,1H3. The van der Waals surface area contributed by atoms with Crippen molar-refractivity contribution in [2.75, 3.05) is 0 Å². The van der Waals surface area contributed by atoms with Crippen LogP contribution in [0.2, 0.25) is 0 Å². The third-order valence-corrected chi connectivity index (χ3v) is 4.21. The number of hydrogen-bond acceptors (Lipinski definition) is 1. The maximum absolute atomic E-state index is 6.06. The Morgan fingerprint density at radius 3 is 2.68 bits per heavy atom. The van der Waals surface area contributed by atoms with Crippen molar-refractivity contribution in [3.8, 4) is 0 Å². The van der Waals surface area contributed by atoms with Gasteiger partial charge in [0.2, 0.25) is 0 Å². The normalized spacial score (nSPS) is 16.1. The van der Waals surface area contributed by atoms with E-state index in [1.807, 2.05) is 0 Å². The van der Waals surface area contributed by atoms with Crippen LogP contribution in [0, 0.1) is 0 Å². The Balaban J connectivity index is 1.64. The zero-order valence-corrected chi connectivity index (χ0v) is 11.7. The minimum Gasteiger partial charge on any atom is -0.466 e. The number of aryl methyl sites for hydroxylation is 3. The van der Waals surface area contributed by atoms with Gasteiger partial charge in [0, 0.05) is 12.3 Å². The molecule has 1 aromatic heterocycles. The zero-order chi connectivity index (χ0) is 13.1. The zero-order valence-electron chi connectivity index (χ0n) is 11.7. The lowest BCUT2D eigenvalue weighted by Gasteiger charge is -2.09. The maximum Gasteiger partial charge on any atom is 0.107 e. The van der Waals surface area contributed by atoms with Crippen molar-refractivity contribution in [1.82, 2.24) is 0 Å². The summed E-state index contributed by atoms with van der Waals surface area (Å²) in [5.74, 6) is 2.97. The first kappa shape index (κ1) is 12.5. The van der Waals surface area contributed by atoms with Crippen LogP contribution in [-0.4, -0.2) is 0 Å². The molecule has 3 rings (SSSR count). The Bertz CT molecular complexity index is 500. The van der Waals surface area contributed by atoms with Gasteiger partial charge in [0.05, 0.1) is 0 Å². The molecule has 19 heavy (non-hydrogen) atoms. The van der Waals surface area contributed by atoms with Crippen LogP contribution in [0.1, 0.15) is 54.8 Å². The van der Waals surface area contributed by atoms with Gasteiger partial charge in [-0.1, -0.05) is 37.3 Å². The molecule has 1 aromatic carbocycles. The molecule has 0 spiro atoms. The van der Waals surface area contributed by atoms with E-state index in [1.165, 1.54) is 41.9 Å². The van der Waals surface area contributed by atoms with Gasteiger partial charge < -0.3 is 4.42 Å². The van der Waals surface area contributed by atoms with Crippen molar-refractivity contribution in [1.29, 1.82) is 0 Å². The summed E-state index contributed by atoms with van der Waals surface area (Å²) in [6, 6.07) is 13.0. The Morgan fingerprint density at radius 2 is 1.89 bits per heavy atom. The van der Waals surface area contributed by atoms with Crippen molar-refractivity contribution in [2.45, 2.75) is 51.4 Å². The molecule has 1 heterocycles. The maximum atomic E-state index is 6.06. The predicted molar refractivity (Wildman–Crippen MR) is 78.5 cm³/mol. The van der Waals surface area contributed by atoms with Crippen LogP contribution in [0.25, 0.3) is 0 Å². The lowest BCUT2D eigenvalue weighted by molar-refractivity contribution is 0.416. The van der Waals surface area contributed by atoms with Gasteiger partial charge in [-0.2, -0.15) is 0 Å². The largest absolute Gasteiger partial charge is 0.466 e. The summed E-state index contributed by atoms with van der Waals surface area (Å²) in [5, 5.41) is 0. The van der Waals surface area contributed by atoms with Crippen molar-refractivity contribution in [3.63, 3.8) is 0 Å². The number of fused-ring (bicyclic) bond motifs is 1. The molecule has 1 aliphatic carbocycles. The van der Waals surface area contributed by atoms with Gasteiger partial charge in [-0.15, -0.1) is 0 Å². The molecule has 1 unspecified atom stereocenters. The molecule has 0 amide bonds. The van der Waals surface area contributed by atoms with Gasteiger partial charge in [-0.05, 0) is 49.3 Å². The van der Waals surface area contributed by atoms with Crippen molar-refractivity contribution >= 4 is 0 Å². The van der Waals surface area contributed by atoms with Crippen LogP contribution in [0.5, 0.6) is 0 Å². The molecule has 0 saturated heterocycles. The third kappa shape index (κ3) is 2.91. The number of hydrogen-bond donors (Lipinski definition) is 0. The molecule has 100 valence electrons. The van der Waals surface area contributed by atoms with E-state index in [-0.39, 0.29) is 0 Å². The van der Waals surface area contributed by atoms with Crippen molar-refractivity contribution in [2.24, 2.45) is 0 Å². The highest BCUT2D eigenvalue weighted by Crippen LogP contribution is 2.30. The van der Waals surface area contributed by atoms with Crippen LogP contribution in [-0.2, 0) is 19.3 Å². The summed E-state index contributed by atoms with van der Waals surface area (Å²) >= 11 is 0. The van der Waals surface area contributed by atoms with E-state index in [9.17, 15) is 0 Å². The van der Waals surface area contributed by atoms with Crippen LogP contribution in [0.4, 0.5) is 0 Å². The molecule has 0 saturated carbocycles. The molecule has 1 atom stereocenters. The SMILES string of the molecule is CC(CCc1ccccc1)c1cc2c(o1)CCCC2. The topological polar surface area (TPSA) is 13.1 Å². The van der Waals surface area contributed by atoms with Gasteiger partial charge in [-0.3, -0.25) is 0 Å². The highest BCUT2D eigenvalue weighted by Gasteiger charge is 2.18. The Morgan fingerprint density at radius 1 is 1.11 bits per heavy atom. The minimum atomic E-state index is 0.519. The van der Waals surface area contributed by atoms with E-state index in [4.69, 9.17) is 4.42 Å². The molecule has 0 N–H and O–H groups in total. The minimum absolute atomic E-state index is 0.519. The third-order valence-electron chi connectivity index (χ3n) is 4.21. The Kier molecular flexibility index (Phi) is 3.72. The smallest absolute Gasteiger partial charge is 0.107 e. The summed E-state index contributed by atoms with van der Waals surface area (Å²) in [7, 11) is 0. The number of rotatable bonds is 4. The van der Waals surface area contributed by atoms with Crippen molar-refractivity contribution < 1.29 is 4.42 Å². The average molecular weight is 254 g/mol. The lowest BCUT2D eigenvalue weighted by atomic mass is 9.96. The summed E-state index contributed by atoms with van der Waals surface area (Å²) < 4.78 is 6.06. The molecule has 0 bridgehead atoms. The molecule has 1 aliphatic rings. The summed E-state index contributed by atoms with van der Waals surface area (Å²) in [6.07, 6.45) is 7.26. The van der Waals surface area contributed by atoms with Gasteiger partial charge >= 0.3 is 0 Å². The summed E-state index contributed by atoms with van der Waals surface area (Å²) in [6.45, 7) is 2.28. The van der Waals surface area contributed by atoms with E-state index in [1.54, 1.807) is 0 Å². The monoisotopic (exact) mass is 254 g/mol.